The molecule has 5 nitrogen and oxygen atoms in total. The number of carbonyl (C=O) groups excluding carboxylic acids is 1. The third-order valence-electron chi connectivity index (χ3n) is 3.23. The lowest BCUT2D eigenvalue weighted by molar-refractivity contribution is -0.147. The molecule has 0 aromatic heterocycles. The van der Waals surface area contributed by atoms with Crippen molar-refractivity contribution < 1.29 is 14.7 Å². The lowest BCUT2D eigenvalue weighted by Crippen LogP contribution is -2.34. The third kappa shape index (κ3) is 3.38. The molecule has 0 saturated carbocycles. The first-order chi connectivity index (χ1) is 8.81. The monoisotopic (exact) mass is 284 g/mol. The van der Waals surface area contributed by atoms with E-state index in [9.17, 15) is 14.7 Å². The maximum atomic E-state index is 11.4. The van der Waals surface area contributed by atoms with Gasteiger partial charge in [0, 0.05) is 12.2 Å². The Kier molecular flexibility index (Phi) is 4.78. The molecule has 1 amide bonds. The highest BCUT2D eigenvalue weighted by Crippen LogP contribution is 2.27. The number of hydrogen-bond acceptors (Lipinski definition) is 3. The number of carboxylic acids is 1. The Morgan fingerprint density at radius 3 is 2.58 bits per heavy atom. The lowest BCUT2D eigenvalue weighted by Gasteiger charge is -2.24. The molecule has 1 aromatic carbocycles. The molecule has 19 heavy (non-hydrogen) atoms. The van der Waals surface area contributed by atoms with Gasteiger partial charge >= 0.3 is 5.97 Å². The number of carbonyl (C=O) groups is 2. The van der Waals surface area contributed by atoms with Crippen molar-refractivity contribution in [2.45, 2.75) is 20.3 Å². The summed E-state index contributed by atoms with van der Waals surface area (Å²) in [7, 11) is 0. The van der Waals surface area contributed by atoms with Crippen LogP contribution in [0.3, 0.4) is 0 Å². The van der Waals surface area contributed by atoms with Gasteiger partial charge in [-0.1, -0.05) is 24.6 Å². The van der Waals surface area contributed by atoms with Crippen molar-refractivity contribution in [2.75, 3.05) is 11.9 Å². The lowest BCUT2D eigenvalue weighted by atomic mass is 9.87. The Hall–Kier alpha value is -1.75. The molecule has 0 heterocycles. The Balaban J connectivity index is 2.98. The number of rotatable bonds is 6. The summed E-state index contributed by atoms with van der Waals surface area (Å²) in [5.41, 5.74) is 4.97. The average Bonchev–Trinajstić information content (AvgIpc) is 2.35. The average molecular weight is 285 g/mol. The highest BCUT2D eigenvalue weighted by molar-refractivity contribution is 6.34. The van der Waals surface area contributed by atoms with Gasteiger partial charge in [0.1, 0.15) is 0 Å². The molecule has 0 spiro atoms. The van der Waals surface area contributed by atoms with Crippen LogP contribution in [0, 0.1) is 5.41 Å². The second-order valence-electron chi connectivity index (χ2n) is 4.60. The molecule has 1 aromatic rings. The second-order valence-corrected chi connectivity index (χ2v) is 5.01. The van der Waals surface area contributed by atoms with Gasteiger partial charge < -0.3 is 16.2 Å². The fourth-order valence-electron chi connectivity index (χ4n) is 1.56. The van der Waals surface area contributed by atoms with E-state index in [-0.39, 0.29) is 17.1 Å². The van der Waals surface area contributed by atoms with Crippen LogP contribution in [-0.4, -0.2) is 23.5 Å². The van der Waals surface area contributed by atoms with Crippen molar-refractivity contribution in [1.82, 2.24) is 0 Å². The minimum atomic E-state index is -0.919. The smallest absolute Gasteiger partial charge is 0.311 e. The molecule has 4 N–H and O–H groups in total. The van der Waals surface area contributed by atoms with E-state index < -0.39 is 17.3 Å². The van der Waals surface area contributed by atoms with Crippen LogP contribution >= 0.6 is 11.6 Å². The Morgan fingerprint density at radius 1 is 1.47 bits per heavy atom. The van der Waals surface area contributed by atoms with Crippen LogP contribution in [0.15, 0.2) is 18.2 Å². The van der Waals surface area contributed by atoms with E-state index in [0.717, 1.165) is 0 Å². The first-order valence-corrected chi connectivity index (χ1v) is 6.25. The van der Waals surface area contributed by atoms with Crippen molar-refractivity contribution in [2.24, 2.45) is 11.1 Å². The van der Waals surface area contributed by atoms with E-state index in [1.807, 2.05) is 0 Å². The molecule has 0 radical (unpaired) electrons. The molecule has 0 bridgehead atoms. The minimum absolute atomic E-state index is 0.174. The van der Waals surface area contributed by atoms with Gasteiger partial charge in [-0.3, -0.25) is 9.59 Å². The SMILES string of the molecule is CCC(C)(CNc1cccc(Cl)c1C(N)=O)C(=O)O. The molecule has 0 aliphatic heterocycles. The number of anilines is 1. The van der Waals surface area contributed by atoms with Crippen LogP contribution in [0.4, 0.5) is 5.69 Å². The number of hydrogen-bond donors (Lipinski definition) is 3. The second kappa shape index (κ2) is 5.93. The van der Waals surface area contributed by atoms with E-state index in [4.69, 9.17) is 17.3 Å². The molecule has 1 atom stereocenters. The molecule has 6 heteroatoms. The van der Waals surface area contributed by atoms with Crippen molar-refractivity contribution in [3.8, 4) is 0 Å². The van der Waals surface area contributed by atoms with E-state index >= 15 is 0 Å². The van der Waals surface area contributed by atoms with Gasteiger partial charge in [0.25, 0.3) is 5.91 Å². The zero-order valence-corrected chi connectivity index (χ0v) is 11.6. The maximum Gasteiger partial charge on any atom is 0.311 e. The quantitative estimate of drug-likeness (QED) is 0.747. The fourth-order valence-corrected chi connectivity index (χ4v) is 1.83. The van der Waals surface area contributed by atoms with Gasteiger partial charge in [-0.25, -0.2) is 0 Å². The first-order valence-electron chi connectivity index (χ1n) is 5.87. The van der Waals surface area contributed by atoms with Crippen molar-refractivity contribution >= 4 is 29.2 Å². The number of benzene rings is 1. The van der Waals surface area contributed by atoms with Gasteiger partial charge in [-0.05, 0) is 25.5 Å². The van der Waals surface area contributed by atoms with Crippen LogP contribution in [-0.2, 0) is 4.79 Å². The number of nitrogens with two attached hydrogens (primary N) is 1. The van der Waals surface area contributed by atoms with Gasteiger partial charge in [0.05, 0.1) is 16.0 Å². The predicted molar refractivity (Wildman–Crippen MR) is 74.5 cm³/mol. The molecule has 0 fully saturated rings. The highest BCUT2D eigenvalue weighted by Gasteiger charge is 2.31. The summed E-state index contributed by atoms with van der Waals surface area (Å²) < 4.78 is 0. The molecule has 1 rings (SSSR count). The van der Waals surface area contributed by atoms with Crippen LogP contribution in [0.25, 0.3) is 0 Å². The number of amides is 1. The maximum absolute atomic E-state index is 11.4. The van der Waals surface area contributed by atoms with E-state index in [2.05, 4.69) is 5.32 Å². The number of aliphatic carboxylic acids is 1. The number of primary amides is 1. The predicted octanol–water partition coefficient (Wildman–Crippen LogP) is 2.35. The Bertz CT molecular complexity index is 505. The number of halogens is 1. The summed E-state index contributed by atoms with van der Waals surface area (Å²) in [4.78, 5) is 22.6. The van der Waals surface area contributed by atoms with E-state index in [0.29, 0.717) is 12.1 Å². The molecular formula is C13H17ClN2O3. The van der Waals surface area contributed by atoms with Crippen LogP contribution in [0.1, 0.15) is 30.6 Å². The third-order valence-corrected chi connectivity index (χ3v) is 3.54. The summed E-state index contributed by atoms with van der Waals surface area (Å²) in [6, 6.07) is 4.87. The van der Waals surface area contributed by atoms with E-state index in [1.54, 1.807) is 32.0 Å². The van der Waals surface area contributed by atoms with Crippen molar-refractivity contribution in [3.63, 3.8) is 0 Å². The largest absolute Gasteiger partial charge is 0.481 e. The molecule has 0 aliphatic carbocycles. The van der Waals surface area contributed by atoms with Gasteiger partial charge in [-0.2, -0.15) is 0 Å². The zero-order chi connectivity index (χ0) is 14.6. The Morgan fingerprint density at radius 2 is 2.11 bits per heavy atom. The summed E-state index contributed by atoms with van der Waals surface area (Å²) in [6.45, 7) is 3.61. The van der Waals surface area contributed by atoms with Gasteiger partial charge in [0.15, 0.2) is 0 Å². The van der Waals surface area contributed by atoms with Crippen molar-refractivity contribution in [3.05, 3.63) is 28.8 Å². The summed E-state index contributed by atoms with van der Waals surface area (Å²) in [6.07, 6.45) is 0.460. The highest BCUT2D eigenvalue weighted by atomic mass is 35.5. The summed E-state index contributed by atoms with van der Waals surface area (Å²) in [5, 5.41) is 12.4. The topological polar surface area (TPSA) is 92.4 Å². The molecular weight excluding hydrogens is 268 g/mol. The molecule has 0 aliphatic rings. The van der Waals surface area contributed by atoms with Crippen LogP contribution in [0.2, 0.25) is 5.02 Å². The molecule has 104 valence electrons. The summed E-state index contributed by atoms with van der Waals surface area (Å²) >= 11 is 5.91. The fraction of sp³-hybridized carbons (Fsp3) is 0.385. The molecule has 1 unspecified atom stereocenters. The number of carboxylic acid groups (broad SMARTS) is 1. The van der Waals surface area contributed by atoms with E-state index in [1.165, 1.54) is 0 Å². The summed E-state index contributed by atoms with van der Waals surface area (Å²) in [5.74, 6) is -1.55. The zero-order valence-electron chi connectivity index (χ0n) is 10.9. The standard InChI is InChI=1S/C13H17ClN2O3/c1-3-13(2,12(18)19)7-16-9-6-4-5-8(14)10(9)11(15)17/h4-6,16H,3,7H2,1-2H3,(H2,15,17)(H,18,19). The first kappa shape index (κ1) is 15.3. The van der Waals surface area contributed by atoms with Gasteiger partial charge in [0.2, 0.25) is 0 Å². The molecule has 0 saturated heterocycles. The van der Waals surface area contributed by atoms with Crippen LogP contribution < -0.4 is 11.1 Å². The van der Waals surface area contributed by atoms with Crippen molar-refractivity contribution in [1.29, 1.82) is 0 Å². The number of nitrogens with one attached hydrogen (secondary N) is 1. The normalized spacial score (nSPS) is 13.6. The van der Waals surface area contributed by atoms with Gasteiger partial charge in [-0.15, -0.1) is 0 Å². The minimum Gasteiger partial charge on any atom is -0.481 e. The Labute approximate surface area is 116 Å². The van der Waals surface area contributed by atoms with Crippen LogP contribution in [0.5, 0.6) is 0 Å².